The van der Waals surface area contributed by atoms with Gasteiger partial charge in [0.15, 0.2) is 0 Å². The molecule has 4 N–H and O–H groups in total. The summed E-state index contributed by atoms with van der Waals surface area (Å²) in [6.07, 6.45) is 0.206. The molecule has 0 bridgehead atoms. The summed E-state index contributed by atoms with van der Waals surface area (Å²) in [6, 6.07) is 4.97. The van der Waals surface area contributed by atoms with Crippen LogP contribution in [0.5, 0.6) is 0 Å². The molecule has 0 atom stereocenters. The number of H-pyrrole nitrogens is 1. The van der Waals surface area contributed by atoms with Crippen LogP contribution in [0, 0.1) is 11.8 Å². The third kappa shape index (κ3) is 15.0. The normalized spacial score (nSPS) is 11.2. The van der Waals surface area contributed by atoms with Crippen LogP contribution in [0.25, 0.3) is 0 Å². The lowest BCUT2D eigenvalue weighted by molar-refractivity contribution is -0.363. The maximum atomic E-state index is 12.8. The molecule has 0 fully saturated rings. The van der Waals surface area contributed by atoms with Crippen molar-refractivity contribution in [2.24, 2.45) is 5.18 Å². The van der Waals surface area contributed by atoms with Gasteiger partial charge in [0, 0.05) is 26.1 Å². The zero-order valence-electron chi connectivity index (χ0n) is 25.3. The van der Waals surface area contributed by atoms with Gasteiger partial charge < -0.3 is 34.3 Å². The van der Waals surface area contributed by atoms with E-state index in [2.05, 4.69) is 26.1 Å². The summed E-state index contributed by atoms with van der Waals surface area (Å²) < 4.78 is 27.0. The van der Waals surface area contributed by atoms with Crippen molar-refractivity contribution >= 4 is 50.6 Å². The summed E-state index contributed by atoms with van der Waals surface area (Å²) in [5, 5.41) is 12.1. The van der Waals surface area contributed by atoms with Crippen molar-refractivity contribution in [2.75, 3.05) is 75.4 Å². The van der Waals surface area contributed by atoms with Gasteiger partial charge in [-0.25, -0.2) is 9.78 Å². The van der Waals surface area contributed by atoms with Gasteiger partial charge in [0.1, 0.15) is 11.3 Å². The van der Waals surface area contributed by atoms with Crippen LogP contribution < -0.4 is 20.9 Å². The predicted molar refractivity (Wildman–Crippen MR) is 162 cm³/mol. The molecule has 1 heterocycles. The monoisotopic (exact) mass is 624 g/mol. The van der Waals surface area contributed by atoms with E-state index in [9.17, 15) is 19.3 Å². The third-order valence-electron chi connectivity index (χ3n) is 5.27. The van der Waals surface area contributed by atoms with E-state index in [1.54, 1.807) is 25.1 Å². The number of esters is 1. The van der Waals surface area contributed by atoms with E-state index in [0.29, 0.717) is 75.0 Å². The van der Waals surface area contributed by atoms with Gasteiger partial charge in [-0.2, -0.15) is 5.32 Å². The van der Waals surface area contributed by atoms with E-state index >= 15 is 0 Å². The third-order valence-corrected chi connectivity index (χ3v) is 6.25. The van der Waals surface area contributed by atoms with Crippen LogP contribution in [0.4, 0.5) is 21.5 Å². The fraction of sp³-hybridized carbons (Fsp3) is 0.571. The van der Waals surface area contributed by atoms with Gasteiger partial charge in [-0.1, -0.05) is 0 Å². The van der Waals surface area contributed by atoms with Crippen molar-refractivity contribution in [3.63, 3.8) is 0 Å². The first kappa shape index (κ1) is 35.7. The number of thiazole rings is 1. The zero-order valence-corrected chi connectivity index (χ0v) is 26.1. The molecule has 0 unspecified atom stereocenters. The standard InChI is InChI=1S/C28H41N5O9S/c1-19-26(33-37)43-27(30-19)32-25(36)22-7-6-21(18-23(22)31-20(2)34)29-9-11-39-13-15-41-17-16-40-14-12-38-10-8-24(35)42-28(3,4)5/h6-7,18,29H,8-17H2,1-5H3,(H,31,34)(H,30,32,36)/p+1. The van der Waals surface area contributed by atoms with Crippen LogP contribution in [0.15, 0.2) is 23.4 Å². The van der Waals surface area contributed by atoms with Crippen LogP contribution in [-0.2, 0) is 33.3 Å². The number of aromatic nitrogens is 1. The lowest BCUT2D eigenvalue weighted by Gasteiger charge is -2.19. The Morgan fingerprint density at radius 3 is 2.07 bits per heavy atom. The predicted octanol–water partition coefficient (Wildman–Crippen LogP) is 3.69. The fourth-order valence-electron chi connectivity index (χ4n) is 3.46. The molecule has 14 nitrogen and oxygen atoms in total. The number of rotatable bonds is 20. The van der Waals surface area contributed by atoms with Crippen molar-refractivity contribution in [1.82, 2.24) is 0 Å². The van der Waals surface area contributed by atoms with Gasteiger partial charge in [-0.05, 0) is 55.5 Å². The molecule has 15 heteroatoms. The van der Waals surface area contributed by atoms with Gasteiger partial charge in [0.2, 0.25) is 10.9 Å². The van der Waals surface area contributed by atoms with E-state index in [1.165, 1.54) is 6.92 Å². The Morgan fingerprint density at radius 1 is 0.907 bits per heavy atom. The average Bonchev–Trinajstić information content (AvgIpc) is 3.28. The highest BCUT2D eigenvalue weighted by molar-refractivity contribution is 7.19. The molecule has 0 saturated carbocycles. The Balaban J connectivity index is 1.57. The zero-order chi connectivity index (χ0) is 31.7. The lowest BCUT2D eigenvalue weighted by Crippen LogP contribution is -2.24. The highest BCUT2D eigenvalue weighted by Crippen LogP contribution is 2.28. The molecule has 2 amide bonds. The van der Waals surface area contributed by atoms with Crippen molar-refractivity contribution in [1.29, 1.82) is 0 Å². The number of anilines is 3. The first-order chi connectivity index (χ1) is 20.5. The highest BCUT2D eigenvalue weighted by Gasteiger charge is 2.22. The highest BCUT2D eigenvalue weighted by atomic mass is 32.1. The first-order valence-electron chi connectivity index (χ1n) is 13.8. The number of carbonyl (C=O) groups is 3. The molecule has 1 aromatic carbocycles. The Morgan fingerprint density at radius 2 is 1.51 bits per heavy atom. The number of ether oxygens (including phenoxy) is 5. The molecule has 0 aliphatic heterocycles. The Kier molecular flexibility index (Phi) is 15.7. The van der Waals surface area contributed by atoms with Crippen LogP contribution in [0.3, 0.4) is 0 Å². The maximum absolute atomic E-state index is 12.8. The van der Waals surface area contributed by atoms with Crippen molar-refractivity contribution < 1.29 is 43.1 Å². The molecule has 0 saturated heterocycles. The van der Waals surface area contributed by atoms with Gasteiger partial charge in [-0.15, -0.1) is 4.91 Å². The number of benzene rings is 1. The molecule has 1 aromatic heterocycles. The quantitative estimate of drug-likeness (QED) is 0.112. The minimum absolute atomic E-state index is 0.206. The van der Waals surface area contributed by atoms with Crippen LogP contribution in [-0.4, -0.2) is 82.8 Å². The van der Waals surface area contributed by atoms with Gasteiger partial charge in [0.25, 0.3) is 0 Å². The van der Waals surface area contributed by atoms with E-state index in [1.807, 2.05) is 20.8 Å². The molecule has 0 radical (unpaired) electrons. The Labute approximate surface area is 255 Å². The summed E-state index contributed by atoms with van der Waals surface area (Å²) in [5.41, 5.74) is 1.33. The number of nitrogens with zero attached hydrogens (tertiary/aromatic N) is 1. The molecule has 2 rings (SSSR count). The van der Waals surface area contributed by atoms with Crippen LogP contribution in [0.1, 0.15) is 50.2 Å². The summed E-state index contributed by atoms with van der Waals surface area (Å²) in [7, 11) is 0. The molecule has 43 heavy (non-hydrogen) atoms. The molecule has 238 valence electrons. The van der Waals surface area contributed by atoms with E-state index < -0.39 is 11.5 Å². The number of aromatic amines is 1. The molecular formula is C28H42N5O9S+. The number of nitrogens with one attached hydrogen (secondary N) is 4. The van der Waals surface area contributed by atoms with Crippen molar-refractivity contribution in [2.45, 2.75) is 46.6 Å². The molecular weight excluding hydrogens is 582 g/mol. The number of hydrogen-bond acceptors (Lipinski definition) is 12. The largest absolute Gasteiger partial charge is 0.460 e. The number of carbonyl (C=O) groups excluding carboxylic acids is 3. The number of nitroso groups, excluding NO2 is 1. The second-order valence-corrected chi connectivity index (χ2v) is 11.2. The maximum Gasteiger partial charge on any atom is 0.341 e. The molecule has 0 aliphatic carbocycles. The average molecular weight is 625 g/mol. The van der Waals surface area contributed by atoms with Gasteiger partial charge in [-0.3, -0.25) is 9.59 Å². The van der Waals surface area contributed by atoms with E-state index in [4.69, 9.17) is 23.7 Å². The molecule has 2 aromatic rings. The van der Waals surface area contributed by atoms with Crippen LogP contribution >= 0.6 is 11.3 Å². The molecule has 0 aliphatic rings. The van der Waals surface area contributed by atoms with Crippen molar-refractivity contribution in [3.8, 4) is 0 Å². The minimum atomic E-state index is -0.495. The Bertz CT molecular complexity index is 1200. The lowest BCUT2D eigenvalue weighted by atomic mass is 10.1. The summed E-state index contributed by atoms with van der Waals surface area (Å²) in [4.78, 5) is 49.9. The van der Waals surface area contributed by atoms with Gasteiger partial charge >= 0.3 is 17.0 Å². The second kappa shape index (κ2) is 18.9. The summed E-state index contributed by atoms with van der Waals surface area (Å²) >= 11 is 1.02. The van der Waals surface area contributed by atoms with Gasteiger partial charge in [0.05, 0.1) is 70.5 Å². The SMILES string of the molecule is CC(=O)Nc1cc(NCCOCCOCCOCCOCCC(=O)OC(C)(C)C)ccc1C(=O)Nc1[nH+]c(C)c(N=O)s1. The van der Waals surface area contributed by atoms with Crippen molar-refractivity contribution in [3.05, 3.63) is 34.4 Å². The number of amides is 2. The number of hydrogen-bond donors (Lipinski definition) is 3. The topological polar surface area (TPSA) is 177 Å². The first-order valence-corrected chi connectivity index (χ1v) is 14.7. The number of aryl methyl sites for hydroxylation is 1. The second-order valence-electron chi connectivity index (χ2n) is 10.2. The van der Waals surface area contributed by atoms with Crippen LogP contribution in [0.2, 0.25) is 0 Å². The smallest absolute Gasteiger partial charge is 0.341 e. The molecule has 0 spiro atoms. The summed E-state index contributed by atoms with van der Waals surface area (Å²) in [6.45, 7) is 12.2. The fourth-order valence-corrected chi connectivity index (χ4v) is 4.24. The Hall–Kier alpha value is -3.50. The minimum Gasteiger partial charge on any atom is -0.460 e. The van der Waals surface area contributed by atoms with E-state index in [-0.39, 0.29) is 35.5 Å². The van der Waals surface area contributed by atoms with E-state index in [0.717, 1.165) is 11.3 Å². The summed E-state index contributed by atoms with van der Waals surface area (Å²) in [5.74, 6) is -1.07.